The Morgan fingerprint density at radius 2 is 2.12 bits per heavy atom. The average Bonchev–Trinajstić information content (AvgIpc) is 2.28. The Kier molecular flexibility index (Phi) is 4.65. The van der Waals surface area contributed by atoms with E-state index >= 15 is 0 Å². The van der Waals surface area contributed by atoms with Crippen molar-refractivity contribution < 1.29 is 4.39 Å². The van der Waals surface area contributed by atoms with E-state index in [-0.39, 0.29) is 5.82 Å². The van der Waals surface area contributed by atoms with Crippen LogP contribution >= 0.6 is 31.9 Å². The summed E-state index contributed by atoms with van der Waals surface area (Å²) in [6, 6.07) is 4.96. The quantitative estimate of drug-likeness (QED) is 0.623. The summed E-state index contributed by atoms with van der Waals surface area (Å²) < 4.78 is 14.3. The molecule has 1 aromatic carbocycles. The Morgan fingerprint density at radius 1 is 1.35 bits per heavy atom. The Balaban J connectivity index is 2.11. The Labute approximate surface area is 119 Å². The van der Waals surface area contributed by atoms with E-state index in [2.05, 4.69) is 38.8 Å². The van der Waals surface area contributed by atoms with Crippen molar-refractivity contribution in [2.24, 2.45) is 11.8 Å². The van der Waals surface area contributed by atoms with E-state index in [1.165, 1.54) is 25.3 Å². The molecule has 0 amide bonds. The molecule has 0 heterocycles. The van der Waals surface area contributed by atoms with Gasteiger partial charge < -0.3 is 0 Å². The molecule has 3 heteroatoms. The molecule has 3 unspecified atom stereocenters. The molecular weight excluding hydrogens is 347 g/mol. The number of hydrogen-bond donors (Lipinski definition) is 0. The van der Waals surface area contributed by atoms with Gasteiger partial charge in [0.1, 0.15) is 5.82 Å². The summed E-state index contributed by atoms with van der Waals surface area (Å²) in [6.45, 7) is 2.31. The molecule has 94 valence electrons. The molecule has 0 nitrogen and oxygen atoms in total. The molecule has 0 aliphatic heterocycles. The zero-order chi connectivity index (χ0) is 12.4. The third-order valence-electron chi connectivity index (χ3n) is 3.64. The van der Waals surface area contributed by atoms with E-state index in [1.807, 2.05) is 0 Å². The van der Waals surface area contributed by atoms with Crippen molar-refractivity contribution in [3.8, 4) is 0 Å². The van der Waals surface area contributed by atoms with E-state index in [0.717, 1.165) is 22.4 Å². The topological polar surface area (TPSA) is 0 Å². The molecule has 3 atom stereocenters. The molecule has 0 aromatic heterocycles. The molecule has 1 saturated carbocycles. The maximum atomic E-state index is 13.2. The van der Waals surface area contributed by atoms with Crippen LogP contribution in [0.25, 0.3) is 0 Å². The molecule has 0 saturated heterocycles. The summed E-state index contributed by atoms with van der Waals surface area (Å²) in [5.41, 5.74) is 1.09. The standard InChI is InChI=1S/C14H17Br2F/c1-9-2-4-13(15)10(6-9)7-11-8-12(17)3-5-14(11)16/h3,5,8-10,13H,2,4,6-7H2,1H3. The number of rotatable bonds is 2. The van der Waals surface area contributed by atoms with Crippen molar-refractivity contribution in [2.45, 2.75) is 37.4 Å². The smallest absolute Gasteiger partial charge is 0.123 e. The fraction of sp³-hybridized carbons (Fsp3) is 0.571. The molecule has 0 N–H and O–H groups in total. The van der Waals surface area contributed by atoms with Gasteiger partial charge in [-0.2, -0.15) is 0 Å². The molecule has 0 bridgehead atoms. The normalized spacial score (nSPS) is 29.3. The molecule has 1 aliphatic rings. The van der Waals surface area contributed by atoms with Gasteiger partial charge in [0.2, 0.25) is 0 Å². The Hall–Kier alpha value is 0.110. The second-order valence-electron chi connectivity index (χ2n) is 5.13. The molecule has 0 spiro atoms. The van der Waals surface area contributed by atoms with Gasteiger partial charge in [-0.05, 0) is 61.3 Å². The van der Waals surface area contributed by atoms with E-state index in [4.69, 9.17) is 0 Å². The van der Waals surface area contributed by atoms with E-state index in [1.54, 1.807) is 12.1 Å². The highest BCUT2D eigenvalue weighted by atomic mass is 79.9. The third-order valence-corrected chi connectivity index (χ3v) is 5.62. The lowest BCUT2D eigenvalue weighted by Crippen LogP contribution is -2.25. The molecule has 1 aromatic rings. The maximum Gasteiger partial charge on any atom is 0.123 e. The number of halogens is 3. The summed E-state index contributed by atoms with van der Waals surface area (Å²) in [5.74, 6) is 1.27. The second kappa shape index (κ2) is 5.83. The second-order valence-corrected chi connectivity index (χ2v) is 7.16. The average molecular weight is 364 g/mol. The van der Waals surface area contributed by atoms with Gasteiger partial charge in [0.25, 0.3) is 0 Å². The van der Waals surface area contributed by atoms with Crippen LogP contribution in [0.2, 0.25) is 0 Å². The van der Waals surface area contributed by atoms with Crippen molar-refractivity contribution in [1.29, 1.82) is 0 Å². The van der Waals surface area contributed by atoms with Crippen LogP contribution < -0.4 is 0 Å². The molecule has 0 radical (unpaired) electrons. The van der Waals surface area contributed by atoms with Crippen LogP contribution in [0.1, 0.15) is 31.7 Å². The van der Waals surface area contributed by atoms with Gasteiger partial charge in [-0.1, -0.05) is 38.8 Å². The van der Waals surface area contributed by atoms with Gasteiger partial charge in [0, 0.05) is 9.30 Å². The molecule has 2 rings (SSSR count). The summed E-state index contributed by atoms with van der Waals surface area (Å²) >= 11 is 7.28. The van der Waals surface area contributed by atoms with Gasteiger partial charge in [0.15, 0.2) is 0 Å². The number of benzene rings is 1. The van der Waals surface area contributed by atoms with Gasteiger partial charge in [-0.3, -0.25) is 0 Å². The lowest BCUT2D eigenvalue weighted by atomic mass is 9.79. The minimum atomic E-state index is -0.141. The van der Waals surface area contributed by atoms with E-state index < -0.39 is 0 Å². The number of alkyl halides is 1. The zero-order valence-electron chi connectivity index (χ0n) is 9.93. The highest BCUT2D eigenvalue weighted by Crippen LogP contribution is 2.36. The number of hydrogen-bond acceptors (Lipinski definition) is 0. The third kappa shape index (κ3) is 3.54. The van der Waals surface area contributed by atoms with Crippen LogP contribution in [-0.4, -0.2) is 4.83 Å². The summed E-state index contributed by atoms with van der Waals surface area (Å²) in [6.07, 6.45) is 4.73. The highest BCUT2D eigenvalue weighted by Gasteiger charge is 2.27. The first-order chi connectivity index (χ1) is 8.06. The Bertz CT molecular complexity index is 392. The zero-order valence-corrected chi connectivity index (χ0v) is 13.1. The van der Waals surface area contributed by atoms with E-state index in [9.17, 15) is 4.39 Å². The van der Waals surface area contributed by atoms with Gasteiger partial charge in [-0.15, -0.1) is 0 Å². The molecular formula is C14H17Br2F. The highest BCUT2D eigenvalue weighted by molar-refractivity contribution is 9.10. The molecule has 1 aliphatic carbocycles. The lowest BCUT2D eigenvalue weighted by molar-refractivity contribution is 0.294. The van der Waals surface area contributed by atoms with Crippen LogP contribution in [0.5, 0.6) is 0 Å². The lowest BCUT2D eigenvalue weighted by Gasteiger charge is -2.31. The summed E-state index contributed by atoms with van der Waals surface area (Å²) in [4.78, 5) is 0.578. The van der Waals surface area contributed by atoms with Crippen LogP contribution in [-0.2, 0) is 6.42 Å². The van der Waals surface area contributed by atoms with Crippen molar-refractivity contribution >= 4 is 31.9 Å². The summed E-state index contributed by atoms with van der Waals surface area (Å²) in [5, 5.41) is 0. The maximum absolute atomic E-state index is 13.2. The van der Waals surface area contributed by atoms with Crippen molar-refractivity contribution in [2.75, 3.05) is 0 Å². The van der Waals surface area contributed by atoms with Gasteiger partial charge >= 0.3 is 0 Å². The largest absolute Gasteiger partial charge is 0.207 e. The van der Waals surface area contributed by atoms with E-state index in [0.29, 0.717) is 10.7 Å². The van der Waals surface area contributed by atoms with Crippen LogP contribution in [0.15, 0.2) is 22.7 Å². The van der Waals surface area contributed by atoms with Crippen LogP contribution in [0, 0.1) is 17.7 Å². The Morgan fingerprint density at radius 3 is 2.88 bits per heavy atom. The van der Waals surface area contributed by atoms with Gasteiger partial charge in [0.05, 0.1) is 0 Å². The van der Waals surface area contributed by atoms with Gasteiger partial charge in [-0.25, -0.2) is 4.39 Å². The molecule has 17 heavy (non-hydrogen) atoms. The fourth-order valence-corrected chi connectivity index (χ4v) is 3.73. The van der Waals surface area contributed by atoms with Crippen molar-refractivity contribution in [3.05, 3.63) is 34.1 Å². The first-order valence-electron chi connectivity index (χ1n) is 6.14. The first-order valence-corrected chi connectivity index (χ1v) is 7.85. The van der Waals surface area contributed by atoms with Crippen molar-refractivity contribution in [1.82, 2.24) is 0 Å². The SMILES string of the molecule is CC1CCC(Br)C(Cc2cc(F)ccc2Br)C1. The minimum absolute atomic E-state index is 0.141. The van der Waals surface area contributed by atoms with Crippen LogP contribution in [0.4, 0.5) is 4.39 Å². The van der Waals surface area contributed by atoms with Crippen molar-refractivity contribution in [3.63, 3.8) is 0 Å². The van der Waals surface area contributed by atoms with Crippen LogP contribution in [0.3, 0.4) is 0 Å². The monoisotopic (exact) mass is 362 g/mol. The first kappa shape index (κ1) is 13.5. The predicted molar refractivity (Wildman–Crippen MR) is 77.0 cm³/mol. The molecule has 1 fully saturated rings. The fourth-order valence-electron chi connectivity index (χ4n) is 2.66. The summed E-state index contributed by atoms with van der Waals surface area (Å²) in [7, 11) is 0. The minimum Gasteiger partial charge on any atom is -0.207 e. The predicted octanol–water partition coefficient (Wildman–Crippen LogP) is 5.33.